The predicted octanol–water partition coefficient (Wildman–Crippen LogP) is 0.792. The zero-order chi connectivity index (χ0) is 9.56. The summed E-state index contributed by atoms with van der Waals surface area (Å²) in [6, 6.07) is 0. The molecule has 4 heteroatoms. The third kappa shape index (κ3) is 3.55. The van der Waals surface area contributed by atoms with Crippen LogP contribution in [-0.4, -0.2) is 18.5 Å². The van der Waals surface area contributed by atoms with Crippen molar-refractivity contribution in [2.75, 3.05) is 6.61 Å². The van der Waals surface area contributed by atoms with E-state index in [9.17, 15) is 9.59 Å². The van der Waals surface area contributed by atoms with E-state index in [-0.39, 0.29) is 12.4 Å². The highest BCUT2D eigenvalue weighted by atomic mass is 16.6. The molecule has 0 aromatic rings. The van der Waals surface area contributed by atoms with E-state index < -0.39 is 11.9 Å². The summed E-state index contributed by atoms with van der Waals surface area (Å²) in [6.07, 6.45) is 0.935. The Hall–Kier alpha value is -1.58. The molecule has 0 fully saturated rings. The van der Waals surface area contributed by atoms with E-state index >= 15 is 0 Å². The largest absolute Gasteiger partial charge is 0.460 e. The molecular formula is C8H10O4. The van der Waals surface area contributed by atoms with E-state index in [1.807, 2.05) is 0 Å². The highest BCUT2D eigenvalue weighted by Gasteiger charge is 2.11. The van der Waals surface area contributed by atoms with Crippen LogP contribution in [0.2, 0.25) is 0 Å². The molecule has 0 aliphatic heterocycles. The van der Waals surface area contributed by atoms with E-state index in [1.165, 1.54) is 0 Å². The van der Waals surface area contributed by atoms with Crippen molar-refractivity contribution < 1.29 is 19.1 Å². The van der Waals surface area contributed by atoms with Crippen molar-refractivity contribution in [2.24, 2.45) is 0 Å². The van der Waals surface area contributed by atoms with E-state index in [4.69, 9.17) is 0 Å². The second-order valence-electron chi connectivity index (χ2n) is 1.77. The maximum absolute atomic E-state index is 10.8. The molecule has 0 saturated carbocycles. The van der Waals surface area contributed by atoms with Crippen molar-refractivity contribution in [1.82, 2.24) is 0 Å². The Morgan fingerprint density at radius 3 is 2.50 bits per heavy atom. The zero-order valence-corrected chi connectivity index (χ0v) is 6.83. The van der Waals surface area contributed by atoms with Crippen molar-refractivity contribution in [3.05, 3.63) is 25.0 Å². The van der Waals surface area contributed by atoms with Gasteiger partial charge in [0.2, 0.25) is 5.76 Å². The summed E-state index contributed by atoms with van der Waals surface area (Å²) in [4.78, 5) is 21.3. The SMILES string of the molecule is C=CC(=O)OC(=C)C(=O)OCC. The molecule has 0 aromatic carbocycles. The number of carbonyl (C=O) groups excluding carboxylic acids is 2. The van der Waals surface area contributed by atoms with Gasteiger partial charge < -0.3 is 9.47 Å². The second-order valence-corrected chi connectivity index (χ2v) is 1.77. The molecule has 66 valence electrons. The first-order valence-electron chi connectivity index (χ1n) is 3.32. The molecule has 0 radical (unpaired) electrons. The van der Waals surface area contributed by atoms with Crippen LogP contribution in [0, 0.1) is 0 Å². The van der Waals surface area contributed by atoms with Gasteiger partial charge in [-0.1, -0.05) is 6.58 Å². The van der Waals surface area contributed by atoms with Gasteiger partial charge in [0.1, 0.15) is 0 Å². The third-order valence-electron chi connectivity index (χ3n) is 0.894. The Bertz CT molecular complexity index is 217. The molecule has 4 nitrogen and oxygen atoms in total. The fraction of sp³-hybridized carbons (Fsp3) is 0.250. The molecule has 0 rings (SSSR count). The molecule has 0 aliphatic rings. The van der Waals surface area contributed by atoms with Crippen LogP contribution >= 0.6 is 0 Å². The summed E-state index contributed by atoms with van der Waals surface area (Å²) in [6.45, 7) is 8.20. The number of ether oxygens (including phenoxy) is 2. The number of hydrogen-bond acceptors (Lipinski definition) is 4. The summed E-state index contributed by atoms with van der Waals surface area (Å²) in [7, 11) is 0. The minimum Gasteiger partial charge on any atom is -0.460 e. The Balaban J connectivity index is 3.95. The first-order valence-corrected chi connectivity index (χ1v) is 3.32. The van der Waals surface area contributed by atoms with Crippen molar-refractivity contribution >= 4 is 11.9 Å². The molecular weight excluding hydrogens is 160 g/mol. The summed E-state index contributed by atoms with van der Waals surface area (Å²) in [5, 5.41) is 0. The van der Waals surface area contributed by atoms with Gasteiger partial charge in [-0.2, -0.15) is 0 Å². The normalized spacial score (nSPS) is 8.42. The summed E-state index contributed by atoms with van der Waals surface area (Å²) in [5.41, 5.74) is 0. The third-order valence-corrected chi connectivity index (χ3v) is 0.894. The van der Waals surface area contributed by atoms with Gasteiger partial charge in [0.15, 0.2) is 0 Å². The van der Waals surface area contributed by atoms with Gasteiger partial charge in [0.05, 0.1) is 6.61 Å². The predicted molar refractivity (Wildman–Crippen MR) is 42.1 cm³/mol. The highest BCUT2D eigenvalue weighted by molar-refractivity contribution is 5.91. The van der Waals surface area contributed by atoms with Crippen LogP contribution in [0.1, 0.15) is 6.92 Å². The van der Waals surface area contributed by atoms with Gasteiger partial charge in [-0.3, -0.25) is 0 Å². The molecule has 0 bridgehead atoms. The van der Waals surface area contributed by atoms with Gasteiger partial charge in [-0.15, -0.1) is 0 Å². The lowest BCUT2D eigenvalue weighted by Gasteiger charge is -2.03. The molecule has 0 spiro atoms. The standard InChI is InChI=1S/C8H10O4/c1-4-7(9)12-6(3)8(10)11-5-2/h4H,1,3,5H2,2H3. The van der Waals surface area contributed by atoms with Gasteiger partial charge in [0.25, 0.3) is 0 Å². The van der Waals surface area contributed by atoms with Crippen LogP contribution in [0.25, 0.3) is 0 Å². The molecule has 0 aliphatic carbocycles. The first kappa shape index (κ1) is 10.4. The first-order chi connectivity index (χ1) is 5.61. The Morgan fingerprint density at radius 1 is 1.50 bits per heavy atom. The number of esters is 2. The van der Waals surface area contributed by atoms with Gasteiger partial charge in [-0.05, 0) is 13.5 Å². The number of hydrogen-bond donors (Lipinski definition) is 0. The van der Waals surface area contributed by atoms with Crippen molar-refractivity contribution in [3.63, 3.8) is 0 Å². The lowest BCUT2D eigenvalue weighted by Crippen LogP contribution is -2.12. The molecule has 0 N–H and O–H groups in total. The fourth-order valence-electron chi connectivity index (χ4n) is 0.416. The van der Waals surface area contributed by atoms with E-state index in [2.05, 4.69) is 22.6 Å². The monoisotopic (exact) mass is 170 g/mol. The maximum atomic E-state index is 10.8. The van der Waals surface area contributed by atoms with Gasteiger partial charge >= 0.3 is 11.9 Å². The summed E-state index contributed by atoms with van der Waals surface area (Å²) in [5.74, 6) is -1.80. The highest BCUT2D eigenvalue weighted by Crippen LogP contribution is 1.97. The molecule has 12 heavy (non-hydrogen) atoms. The van der Waals surface area contributed by atoms with Crippen LogP contribution in [0.15, 0.2) is 25.0 Å². The van der Waals surface area contributed by atoms with Crippen LogP contribution in [0.4, 0.5) is 0 Å². The number of rotatable bonds is 4. The minimum absolute atomic E-state index is 0.212. The molecule has 0 amide bonds. The lowest BCUT2D eigenvalue weighted by molar-refractivity contribution is -0.148. The van der Waals surface area contributed by atoms with Crippen LogP contribution < -0.4 is 0 Å². The van der Waals surface area contributed by atoms with E-state index in [0.717, 1.165) is 6.08 Å². The fourth-order valence-corrected chi connectivity index (χ4v) is 0.416. The van der Waals surface area contributed by atoms with Crippen molar-refractivity contribution in [1.29, 1.82) is 0 Å². The average Bonchev–Trinajstić information content (AvgIpc) is 2.04. The maximum Gasteiger partial charge on any atom is 0.373 e. The second kappa shape index (κ2) is 5.12. The summed E-state index contributed by atoms with van der Waals surface area (Å²) < 4.78 is 8.89. The lowest BCUT2D eigenvalue weighted by atomic mass is 10.5. The molecule has 0 aromatic heterocycles. The smallest absolute Gasteiger partial charge is 0.373 e. The molecule has 0 atom stereocenters. The van der Waals surface area contributed by atoms with Crippen LogP contribution in [0.3, 0.4) is 0 Å². The average molecular weight is 170 g/mol. The zero-order valence-electron chi connectivity index (χ0n) is 6.83. The molecule has 0 heterocycles. The van der Waals surface area contributed by atoms with Gasteiger partial charge in [-0.25, -0.2) is 9.59 Å². The van der Waals surface area contributed by atoms with Crippen LogP contribution in [-0.2, 0) is 19.1 Å². The Kier molecular flexibility index (Phi) is 4.45. The van der Waals surface area contributed by atoms with Crippen LogP contribution in [0.5, 0.6) is 0 Å². The topological polar surface area (TPSA) is 52.6 Å². The summed E-state index contributed by atoms with van der Waals surface area (Å²) >= 11 is 0. The Morgan fingerprint density at radius 2 is 2.08 bits per heavy atom. The minimum atomic E-state index is -0.743. The molecule has 0 unspecified atom stereocenters. The quantitative estimate of drug-likeness (QED) is 0.355. The van der Waals surface area contributed by atoms with Crippen molar-refractivity contribution in [3.8, 4) is 0 Å². The van der Waals surface area contributed by atoms with E-state index in [0.29, 0.717) is 0 Å². The number of carbonyl (C=O) groups is 2. The van der Waals surface area contributed by atoms with E-state index in [1.54, 1.807) is 6.92 Å². The Labute approximate surface area is 70.5 Å². The molecule has 0 saturated heterocycles. The van der Waals surface area contributed by atoms with Crippen molar-refractivity contribution in [2.45, 2.75) is 6.92 Å². The van der Waals surface area contributed by atoms with Gasteiger partial charge in [0, 0.05) is 6.08 Å².